The van der Waals surface area contributed by atoms with Gasteiger partial charge in [-0.1, -0.05) is 42.1 Å². The summed E-state index contributed by atoms with van der Waals surface area (Å²) in [4.78, 5) is 22.8. The second-order valence-corrected chi connectivity index (χ2v) is 6.98. The van der Waals surface area contributed by atoms with Crippen LogP contribution in [0.5, 0.6) is 11.5 Å². The number of aliphatic hydroxyl groups excluding tert-OH is 1. The third-order valence-corrected chi connectivity index (χ3v) is 5.00. The minimum Gasteiger partial charge on any atom is -0.496 e. The zero-order valence-corrected chi connectivity index (χ0v) is 16.2. The van der Waals surface area contributed by atoms with E-state index in [9.17, 15) is 14.7 Å². The number of imide groups is 1. The Bertz CT molecular complexity index is 799. The predicted molar refractivity (Wildman–Crippen MR) is 106 cm³/mol. The second-order valence-electron chi connectivity index (χ2n) is 5.80. The summed E-state index contributed by atoms with van der Waals surface area (Å²) >= 11 is 1.01. The van der Waals surface area contributed by atoms with Crippen molar-refractivity contribution in [3.63, 3.8) is 0 Å². The van der Waals surface area contributed by atoms with Crippen molar-refractivity contribution in [2.45, 2.75) is 17.8 Å². The fourth-order valence-electron chi connectivity index (χ4n) is 2.67. The third-order valence-electron chi connectivity index (χ3n) is 4.02. The highest BCUT2D eigenvalue weighted by molar-refractivity contribution is 8.15. The topological polar surface area (TPSA) is 84.9 Å². The highest BCUT2D eigenvalue weighted by atomic mass is 35.5. The van der Waals surface area contributed by atoms with Crippen LogP contribution in [-0.4, -0.2) is 35.2 Å². The summed E-state index contributed by atoms with van der Waals surface area (Å²) in [7, 11) is 1.56. The van der Waals surface area contributed by atoms with Crippen molar-refractivity contribution in [1.82, 2.24) is 5.32 Å². The number of hydrogen-bond acceptors (Lipinski definition) is 6. The van der Waals surface area contributed by atoms with Crippen molar-refractivity contribution < 1.29 is 24.2 Å². The molecule has 8 heteroatoms. The van der Waals surface area contributed by atoms with Gasteiger partial charge in [-0.3, -0.25) is 14.9 Å². The van der Waals surface area contributed by atoms with E-state index >= 15 is 0 Å². The van der Waals surface area contributed by atoms with E-state index in [4.69, 9.17) is 9.47 Å². The molecule has 2 aromatic rings. The van der Waals surface area contributed by atoms with Crippen LogP contribution in [0.2, 0.25) is 0 Å². The first-order valence-corrected chi connectivity index (χ1v) is 8.99. The molecule has 1 aliphatic rings. The average molecular weight is 410 g/mol. The fraction of sp³-hybridized carbons (Fsp3) is 0.263. The van der Waals surface area contributed by atoms with E-state index in [2.05, 4.69) is 5.32 Å². The first-order valence-electron chi connectivity index (χ1n) is 8.11. The lowest BCUT2D eigenvalue weighted by molar-refractivity contribution is -0.118. The summed E-state index contributed by atoms with van der Waals surface area (Å²) in [6.07, 6.45) is -0.331. The van der Waals surface area contributed by atoms with Crippen molar-refractivity contribution in [2.75, 3.05) is 13.7 Å². The number of aliphatic hydroxyl groups is 1. The van der Waals surface area contributed by atoms with Gasteiger partial charge in [0.25, 0.3) is 5.24 Å². The largest absolute Gasteiger partial charge is 0.496 e. The average Bonchev–Trinajstić information content (AvgIpc) is 2.97. The molecule has 0 aliphatic carbocycles. The molecule has 2 amide bonds. The van der Waals surface area contributed by atoms with Gasteiger partial charge in [0, 0.05) is 5.56 Å². The monoisotopic (exact) mass is 409 g/mol. The molecule has 1 saturated heterocycles. The summed E-state index contributed by atoms with van der Waals surface area (Å²) in [5.74, 6) is 0.975. The highest BCUT2D eigenvalue weighted by Crippen LogP contribution is 2.26. The molecule has 1 unspecified atom stereocenters. The SMILES string of the molecule is COc1ccccc1[C@H](O)COc1ccc(CC2SC(=O)NC2=O)cc1.Cl. The van der Waals surface area contributed by atoms with Crippen LogP contribution in [0.3, 0.4) is 0 Å². The second kappa shape index (κ2) is 9.64. The summed E-state index contributed by atoms with van der Waals surface area (Å²) in [5.41, 5.74) is 1.60. The molecule has 1 aliphatic heterocycles. The van der Waals surface area contributed by atoms with Crippen molar-refractivity contribution in [3.05, 3.63) is 59.7 Å². The summed E-state index contributed by atoms with van der Waals surface area (Å²) in [5, 5.41) is 11.9. The number of para-hydroxylation sites is 1. The van der Waals surface area contributed by atoms with E-state index in [1.807, 2.05) is 24.3 Å². The molecule has 0 radical (unpaired) electrons. The molecular weight excluding hydrogens is 390 g/mol. The number of rotatable bonds is 7. The smallest absolute Gasteiger partial charge is 0.286 e. The van der Waals surface area contributed by atoms with E-state index in [0.717, 1.165) is 17.3 Å². The number of amides is 2. The number of thioether (sulfide) groups is 1. The zero-order valence-electron chi connectivity index (χ0n) is 14.6. The normalized spacial score (nSPS) is 17.0. The van der Waals surface area contributed by atoms with Crippen LogP contribution < -0.4 is 14.8 Å². The van der Waals surface area contributed by atoms with Gasteiger partial charge < -0.3 is 14.6 Å². The number of halogens is 1. The molecule has 27 heavy (non-hydrogen) atoms. The Morgan fingerprint density at radius 3 is 2.48 bits per heavy atom. The van der Waals surface area contributed by atoms with Gasteiger partial charge in [0.2, 0.25) is 5.91 Å². The third kappa shape index (κ3) is 5.38. The number of methoxy groups -OCH3 is 1. The van der Waals surface area contributed by atoms with E-state index < -0.39 is 6.10 Å². The number of nitrogens with one attached hydrogen (secondary N) is 1. The van der Waals surface area contributed by atoms with Gasteiger partial charge in [-0.25, -0.2) is 0 Å². The first-order chi connectivity index (χ1) is 12.6. The van der Waals surface area contributed by atoms with Crippen molar-refractivity contribution >= 4 is 35.3 Å². The molecule has 0 aromatic heterocycles. The molecule has 1 heterocycles. The van der Waals surface area contributed by atoms with Crippen LogP contribution >= 0.6 is 24.2 Å². The maximum Gasteiger partial charge on any atom is 0.286 e. The molecular formula is C19H20ClNO5S. The van der Waals surface area contributed by atoms with E-state index in [1.165, 1.54) is 0 Å². The molecule has 2 aromatic carbocycles. The van der Waals surface area contributed by atoms with E-state index in [0.29, 0.717) is 23.5 Å². The molecule has 0 spiro atoms. The molecule has 144 valence electrons. The molecule has 2 N–H and O–H groups in total. The molecule has 2 atom stereocenters. The Labute approximate surface area is 167 Å². The van der Waals surface area contributed by atoms with Gasteiger partial charge in [-0.05, 0) is 30.2 Å². The Kier molecular flexibility index (Phi) is 7.53. The molecule has 0 bridgehead atoms. The minimum absolute atomic E-state index is 0. The van der Waals surface area contributed by atoms with Gasteiger partial charge >= 0.3 is 0 Å². The van der Waals surface area contributed by atoms with Gasteiger partial charge in [-0.15, -0.1) is 12.4 Å². The van der Waals surface area contributed by atoms with Crippen LogP contribution in [-0.2, 0) is 11.2 Å². The van der Waals surface area contributed by atoms with Crippen LogP contribution in [0.4, 0.5) is 4.79 Å². The van der Waals surface area contributed by atoms with Crippen molar-refractivity contribution in [1.29, 1.82) is 0 Å². The van der Waals surface area contributed by atoms with Crippen molar-refractivity contribution in [2.24, 2.45) is 0 Å². The Morgan fingerprint density at radius 1 is 1.15 bits per heavy atom. The summed E-state index contributed by atoms with van der Waals surface area (Å²) in [6, 6.07) is 14.5. The zero-order chi connectivity index (χ0) is 18.5. The Morgan fingerprint density at radius 2 is 1.85 bits per heavy atom. The van der Waals surface area contributed by atoms with Crippen LogP contribution in [0.1, 0.15) is 17.2 Å². The maximum absolute atomic E-state index is 11.6. The van der Waals surface area contributed by atoms with Crippen LogP contribution in [0.25, 0.3) is 0 Å². The summed E-state index contributed by atoms with van der Waals surface area (Å²) in [6.45, 7) is 0.0924. The minimum atomic E-state index is -0.810. The van der Waals surface area contributed by atoms with Crippen molar-refractivity contribution in [3.8, 4) is 11.5 Å². The summed E-state index contributed by atoms with van der Waals surface area (Å²) < 4.78 is 10.9. The molecule has 3 rings (SSSR count). The number of carbonyl (C=O) groups is 2. The lowest BCUT2D eigenvalue weighted by Gasteiger charge is -2.15. The fourth-order valence-corrected chi connectivity index (χ4v) is 3.53. The quantitative estimate of drug-likeness (QED) is 0.730. The van der Waals surface area contributed by atoms with Crippen LogP contribution in [0.15, 0.2) is 48.5 Å². The highest BCUT2D eigenvalue weighted by Gasteiger charge is 2.31. The van der Waals surface area contributed by atoms with E-state index in [1.54, 1.807) is 31.4 Å². The lowest BCUT2D eigenvalue weighted by Crippen LogP contribution is -2.25. The van der Waals surface area contributed by atoms with Gasteiger partial charge in [-0.2, -0.15) is 0 Å². The maximum atomic E-state index is 11.6. The Balaban J connectivity index is 0.00000261. The molecule has 1 fully saturated rings. The van der Waals surface area contributed by atoms with Gasteiger partial charge in [0.05, 0.1) is 12.4 Å². The molecule has 6 nitrogen and oxygen atoms in total. The van der Waals surface area contributed by atoms with E-state index in [-0.39, 0.29) is 35.4 Å². The van der Waals surface area contributed by atoms with Gasteiger partial charge in [0.15, 0.2) is 0 Å². The number of carbonyl (C=O) groups excluding carboxylic acids is 2. The Hall–Kier alpha value is -2.22. The first kappa shape index (κ1) is 21.1. The van der Waals surface area contributed by atoms with Gasteiger partial charge in [0.1, 0.15) is 24.2 Å². The molecule has 0 saturated carbocycles. The predicted octanol–water partition coefficient (Wildman–Crippen LogP) is 3.12. The number of hydrogen-bond donors (Lipinski definition) is 2. The number of ether oxygens (including phenoxy) is 2. The lowest BCUT2D eigenvalue weighted by atomic mass is 10.1. The van der Waals surface area contributed by atoms with Crippen LogP contribution in [0, 0.1) is 0 Å². The standard InChI is InChI=1S/C19H19NO5S.ClH/c1-24-16-5-3-2-4-14(16)15(21)11-25-13-8-6-12(7-9-13)10-17-18(22)20-19(23)26-17;/h2-9,15,17,21H,10-11H2,1H3,(H,20,22,23);1H/t15-,17?;/m1./s1. The number of benzene rings is 2.